The molecule has 0 aliphatic heterocycles. The van der Waals surface area contributed by atoms with Crippen molar-refractivity contribution in [2.45, 2.75) is 70.2 Å². The fourth-order valence-electron chi connectivity index (χ4n) is 2.81. The minimum Gasteiger partial charge on any atom is -0.307 e. The Morgan fingerprint density at radius 2 is 1.73 bits per heavy atom. The molecule has 162 valence electrons. The number of rotatable bonds is 6. The van der Waals surface area contributed by atoms with Gasteiger partial charge in [0.25, 0.3) is 5.91 Å². The van der Waals surface area contributed by atoms with E-state index in [0.717, 1.165) is 5.69 Å². The first-order valence-electron chi connectivity index (χ1n) is 9.88. The second kappa shape index (κ2) is 8.60. The van der Waals surface area contributed by atoms with E-state index in [0.29, 0.717) is 11.4 Å². The van der Waals surface area contributed by atoms with Gasteiger partial charge >= 0.3 is 0 Å². The molecule has 0 aliphatic rings. The Kier molecular flexibility index (Phi) is 6.77. The van der Waals surface area contributed by atoms with Crippen LogP contribution >= 0.6 is 0 Å². The predicted octanol–water partition coefficient (Wildman–Crippen LogP) is 4.27. The van der Waals surface area contributed by atoms with Crippen LogP contribution in [0.2, 0.25) is 0 Å². The van der Waals surface area contributed by atoms with Crippen molar-refractivity contribution in [2.75, 3.05) is 11.1 Å². The van der Waals surface area contributed by atoms with Gasteiger partial charge < -0.3 is 5.32 Å². The largest absolute Gasteiger partial charge is 0.307 e. The van der Waals surface area contributed by atoms with Crippen LogP contribution in [0.15, 0.2) is 35.2 Å². The van der Waals surface area contributed by atoms with Gasteiger partial charge in [-0.15, -0.1) is 0 Å². The molecule has 0 unspecified atom stereocenters. The quantitative estimate of drug-likeness (QED) is 0.689. The van der Waals surface area contributed by atoms with Gasteiger partial charge in [-0.3, -0.25) is 4.79 Å². The molecular weight excluding hydrogens is 400 g/mol. The Hall–Kier alpha value is -2.66. The van der Waals surface area contributed by atoms with Crippen molar-refractivity contribution in [1.29, 1.82) is 5.26 Å². The van der Waals surface area contributed by atoms with E-state index in [-0.39, 0.29) is 40.4 Å². The number of anilines is 1. The molecule has 1 aromatic heterocycles. The van der Waals surface area contributed by atoms with Crippen LogP contribution < -0.4 is 5.32 Å². The summed E-state index contributed by atoms with van der Waals surface area (Å²) >= 11 is 0. The zero-order valence-electron chi connectivity index (χ0n) is 18.5. The zero-order valence-corrected chi connectivity index (χ0v) is 19.3. The first-order chi connectivity index (χ1) is 13.8. The normalized spacial score (nSPS) is 12.4. The summed E-state index contributed by atoms with van der Waals surface area (Å²) in [7, 11) is -3.47. The Bertz CT molecular complexity index is 1050. The molecular formula is C22H30N4O3S. The van der Waals surface area contributed by atoms with Crippen LogP contribution in [-0.2, 0) is 20.8 Å². The number of amides is 1. The molecule has 30 heavy (non-hydrogen) atoms. The second-order valence-electron chi connectivity index (χ2n) is 9.31. The van der Waals surface area contributed by atoms with E-state index >= 15 is 0 Å². The number of nitrogens with zero attached hydrogens (tertiary/aromatic N) is 3. The summed E-state index contributed by atoms with van der Waals surface area (Å²) in [6.07, 6.45) is 0.478. The number of unbranched alkanes of at least 4 members (excludes halogenated alkanes) is 1. The van der Waals surface area contributed by atoms with Gasteiger partial charge in [0.1, 0.15) is 5.82 Å². The lowest BCUT2D eigenvalue weighted by Crippen LogP contribution is -2.27. The third-order valence-corrected chi connectivity index (χ3v) is 6.35. The van der Waals surface area contributed by atoms with Gasteiger partial charge in [-0.2, -0.15) is 10.4 Å². The van der Waals surface area contributed by atoms with Gasteiger partial charge in [0.15, 0.2) is 9.84 Å². The van der Waals surface area contributed by atoms with Crippen molar-refractivity contribution in [3.8, 4) is 6.07 Å². The lowest BCUT2D eigenvalue weighted by Gasteiger charge is -2.23. The Labute approximate surface area is 179 Å². The van der Waals surface area contributed by atoms with Crippen LogP contribution in [0.5, 0.6) is 0 Å². The molecule has 0 fully saturated rings. The highest BCUT2D eigenvalue weighted by Gasteiger charge is 2.26. The minimum absolute atomic E-state index is 0.0908. The molecule has 1 heterocycles. The Morgan fingerprint density at radius 3 is 2.23 bits per heavy atom. The molecule has 7 nitrogen and oxygen atoms in total. The monoisotopic (exact) mass is 430 g/mol. The van der Waals surface area contributed by atoms with Gasteiger partial charge in [-0.1, -0.05) is 20.8 Å². The first-order valence-corrected chi connectivity index (χ1v) is 11.5. The summed E-state index contributed by atoms with van der Waals surface area (Å²) in [4.78, 5) is 12.9. The molecule has 0 saturated carbocycles. The topological polar surface area (TPSA) is 105 Å². The van der Waals surface area contributed by atoms with Crippen molar-refractivity contribution in [2.24, 2.45) is 0 Å². The number of benzene rings is 1. The van der Waals surface area contributed by atoms with Crippen molar-refractivity contribution < 1.29 is 13.2 Å². The van der Waals surface area contributed by atoms with E-state index < -0.39 is 9.84 Å². The van der Waals surface area contributed by atoms with E-state index in [2.05, 4.69) is 31.2 Å². The van der Waals surface area contributed by atoms with E-state index in [1.807, 2.05) is 32.9 Å². The van der Waals surface area contributed by atoms with E-state index in [1.54, 1.807) is 4.68 Å². The SMILES string of the molecule is CC(C)(C)c1cc(NC(=O)c2ccc(S(=O)(=O)CCCC#N)cc2)n(C(C)(C)C)n1. The summed E-state index contributed by atoms with van der Waals surface area (Å²) in [6.45, 7) is 12.2. The van der Waals surface area contributed by atoms with E-state index in [1.165, 1.54) is 24.3 Å². The number of carbonyl (C=O) groups excluding carboxylic acids is 1. The molecule has 0 radical (unpaired) electrons. The highest BCUT2D eigenvalue weighted by Crippen LogP contribution is 2.28. The van der Waals surface area contributed by atoms with Gasteiger partial charge in [0.2, 0.25) is 0 Å². The third-order valence-electron chi connectivity index (χ3n) is 4.53. The van der Waals surface area contributed by atoms with Crippen molar-refractivity contribution in [3.63, 3.8) is 0 Å². The maximum absolute atomic E-state index is 12.8. The first kappa shape index (κ1) is 23.6. The molecule has 1 aromatic carbocycles. The van der Waals surface area contributed by atoms with Crippen LogP contribution in [0.1, 0.15) is 70.4 Å². The number of aromatic nitrogens is 2. The molecule has 1 amide bonds. The molecule has 0 aliphatic carbocycles. The number of hydrogen-bond donors (Lipinski definition) is 1. The smallest absolute Gasteiger partial charge is 0.256 e. The molecule has 1 N–H and O–H groups in total. The minimum atomic E-state index is -3.47. The summed E-state index contributed by atoms with van der Waals surface area (Å²) < 4.78 is 26.4. The lowest BCUT2D eigenvalue weighted by atomic mass is 9.92. The standard InChI is InChI=1S/C22H30N4O3S/c1-21(2,3)18-15-19(26(25-18)22(4,5)6)24-20(27)16-9-11-17(12-10-16)30(28,29)14-8-7-13-23/h9-12,15H,7-8,14H2,1-6H3,(H,24,27). The summed E-state index contributed by atoms with van der Waals surface area (Å²) in [6, 6.07) is 9.66. The van der Waals surface area contributed by atoms with Crippen LogP contribution in [0.25, 0.3) is 0 Å². The van der Waals surface area contributed by atoms with Gasteiger partial charge in [0.05, 0.1) is 28.0 Å². The summed E-state index contributed by atoms with van der Waals surface area (Å²) in [5.41, 5.74) is 0.724. The molecule has 2 aromatic rings. The molecule has 0 saturated heterocycles. The molecule has 0 spiro atoms. The lowest BCUT2D eigenvalue weighted by molar-refractivity contribution is 0.102. The average Bonchev–Trinajstić information content (AvgIpc) is 3.06. The second-order valence-corrected chi connectivity index (χ2v) is 11.4. The number of carbonyl (C=O) groups is 1. The Balaban J connectivity index is 2.25. The Morgan fingerprint density at radius 1 is 1.13 bits per heavy atom. The maximum atomic E-state index is 12.8. The molecule has 2 rings (SSSR count). The summed E-state index contributed by atoms with van der Waals surface area (Å²) in [5.74, 6) is 0.159. The highest BCUT2D eigenvalue weighted by molar-refractivity contribution is 7.91. The fraction of sp³-hybridized carbons (Fsp3) is 0.500. The fourth-order valence-corrected chi connectivity index (χ4v) is 4.12. The van der Waals surface area contributed by atoms with Crippen molar-refractivity contribution in [3.05, 3.63) is 41.6 Å². The van der Waals surface area contributed by atoms with Crippen LogP contribution in [0.3, 0.4) is 0 Å². The van der Waals surface area contributed by atoms with Crippen molar-refractivity contribution >= 4 is 21.6 Å². The van der Waals surface area contributed by atoms with E-state index in [9.17, 15) is 13.2 Å². The van der Waals surface area contributed by atoms with Crippen LogP contribution in [0.4, 0.5) is 5.82 Å². The maximum Gasteiger partial charge on any atom is 0.256 e. The summed E-state index contributed by atoms with van der Waals surface area (Å²) in [5, 5.41) is 16.2. The number of nitrogens with one attached hydrogen (secondary N) is 1. The predicted molar refractivity (Wildman–Crippen MR) is 117 cm³/mol. The zero-order chi connectivity index (χ0) is 22.7. The van der Waals surface area contributed by atoms with Crippen LogP contribution in [0, 0.1) is 11.3 Å². The van der Waals surface area contributed by atoms with Gasteiger partial charge in [-0.05, 0) is 51.5 Å². The molecule has 0 bridgehead atoms. The third kappa shape index (κ3) is 5.70. The van der Waals surface area contributed by atoms with Crippen LogP contribution in [-0.4, -0.2) is 29.9 Å². The number of hydrogen-bond acceptors (Lipinski definition) is 5. The molecule has 0 atom stereocenters. The highest BCUT2D eigenvalue weighted by atomic mass is 32.2. The van der Waals surface area contributed by atoms with Crippen molar-refractivity contribution in [1.82, 2.24) is 9.78 Å². The van der Waals surface area contributed by atoms with Gasteiger partial charge in [-0.25, -0.2) is 13.1 Å². The average molecular weight is 431 g/mol. The van der Waals surface area contributed by atoms with E-state index in [4.69, 9.17) is 5.26 Å². The number of sulfone groups is 1. The van der Waals surface area contributed by atoms with Gasteiger partial charge in [0, 0.05) is 23.5 Å². The molecule has 8 heteroatoms. The number of nitriles is 1.